The van der Waals surface area contributed by atoms with Gasteiger partial charge in [-0.25, -0.2) is 0 Å². The van der Waals surface area contributed by atoms with Gasteiger partial charge in [0, 0.05) is 12.0 Å². The number of carbonyl (C=O) groups is 2. The summed E-state index contributed by atoms with van der Waals surface area (Å²) < 4.78 is 0. The third kappa shape index (κ3) is 3.22. The van der Waals surface area contributed by atoms with Crippen LogP contribution >= 0.6 is 0 Å². The topological polar surface area (TPSA) is 37.4 Å². The highest BCUT2D eigenvalue weighted by Crippen LogP contribution is 2.27. The lowest BCUT2D eigenvalue weighted by atomic mass is 9.81. The van der Waals surface area contributed by atoms with E-state index in [0.717, 1.165) is 12.0 Å². The molecule has 102 valence electrons. The summed E-state index contributed by atoms with van der Waals surface area (Å²) in [7, 11) is 0. The van der Waals surface area contributed by atoms with Gasteiger partial charge >= 0.3 is 0 Å². The number of piperidine rings is 1. The van der Waals surface area contributed by atoms with E-state index in [2.05, 4.69) is 0 Å². The molecule has 3 nitrogen and oxygen atoms in total. The maximum atomic E-state index is 12.2. The van der Waals surface area contributed by atoms with Crippen molar-refractivity contribution in [2.75, 3.05) is 13.1 Å². The van der Waals surface area contributed by atoms with Gasteiger partial charge in [0.15, 0.2) is 5.78 Å². The number of rotatable bonds is 2. The van der Waals surface area contributed by atoms with Gasteiger partial charge < -0.3 is 4.90 Å². The van der Waals surface area contributed by atoms with Crippen molar-refractivity contribution in [1.82, 2.24) is 4.90 Å². The summed E-state index contributed by atoms with van der Waals surface area (Å²) in [5, 5.41) is 0. The van der Waals surface area contributed by atoms with Crippen molar-refractivity contribution >= 4 is 11.7 Å². The largest absolute Gasteiger partial charge is 0.335 e. The van der Waals surface area contributed by atoms with E-state index in [1.165, 1.54) is 5.56 Å². The number of amides is 1. The third-order valence-corrected chi connectivity index (χ3v) is 3.92. The molecule has 1 amide bonds. The Morgan fingerprint density at radius 1 is 1.26 bits per heavy atom. The summed E-state index contributed by atoms with van der Waals surface area (Å²) in [6.45, 7) is 6.88. The molecule has 19 heavy (non-hydrogen) atoms. The molecular formula is C16H21NO2. The number of Topliss-reactive ketones (excluding diaryl/α,β-unsaturated/α-hetero) is 1. The Kier molecular flexibility index (Phi) is 3.74. The van der Waals surface area contributed by atoms with Crippen LogP contribution in [0.2, 0.25) is 0 Å². The van der Waals surface area contributed by atoms with Crippen LogP contribution in [-0.4, -0.2) is 29.7 Å². The van der Waals surface area contributed by atoms with Crippen molar-refractivity contribution < 1.29 is 9.59 Å². The molecule has 0 atom stereocenters. The summed E-state index contributed by atoms with van der Waals surface area (Å²) in [6.07, 6.45) is 1.14. The van der Waals surface area contributed by atoms with Crippen molar-refractivity contribution in [1.29, 1.82) is 0 Å². The monoisotopic (exact) mass is 259 g/mol. The average molecular weight is 259 g/mol. The molecule has 1 aliphatic heterocycles. The van der Waals surface area contributed by atoms with E-state index < -0.39 is 0 Å². The molecule has 0 aromatic heterocycles. The molecule has 1 heterocycles. The number of hydrogen-bond acceptors (Lipinski definition) is 2. The number of ketones is 1. The van der Waals surface area contributed by atoms with E-state index >= 15 is 0 Å². The van der Waals surface area contributed by atoms with Gasteiger partial charge in [0.25, 0.3) is 0 Å². The second-order valence-corrected chi connectivity index (χ2v) is 6.03. The SMILES string of the molecule is Cc1ccc(CC(=O)N2CCC(C)(C)C(=O)C2)cc1. The highest BCUT2D eigenvalue weighted by molar-refractivity contribution is 5.91. The van der Waals surface area contributed by atoms with Crippen LogP contribution in [0.4, 0.5) is 0 Å². The van der Waals surface area contributed by atoms with Crippen LogP contribution in [0.5, 0.6) is 0 Å². The number of likely N-dealkylation sites (tertiary alicyclic amines) is 1. The zero-order valence-electron chi connectivity index (χ0n) is 11.9. The first-order valence-corrected chi connectivity index (χ1v) is 6.75. The lowest BCUT2D eigenvalue weighted by Gasteiger charge is -2.35. The van der Waals surface area contributed by atoms with Crippen LogP contribution in [0.1, 0.15) is 31.4 Å². The first-order chi connectivity index (χ1) is 8.88. The van der Waals surface area contributed by atoms with Gasteiger partial charge in [-0.05, 0) is 18.9 Å². The Balaban J connectivity index is 1.98. The van der Waals surface area contributed by atoms with Gasteiger partial charge in [0.1, 0.15) is 0 Å². The molecule has 3 heteroatoms. The predicted molar refractivity (Wildman–Crippen MR) is 74.9 cm³/mol. The predicted octanol–water partition coefficient (Wildman–Crippen LogP) is 2.37. The van der Waals surface area contributed by atoms with Gasteiger partial charge in [0.05, 0.1) is 13.0 Å². The van der Waals surface area contributed by atoms with Gasteiger partial charge in [-0.15, -0.1) is 0 Å². The van der Waals surface area contributed by atoms with Crippen molar-refractivity contribution in [2.45, 2.75) is 33.6 Å². The molecule has 0 aliphatic carbocycles. The maximum Gasteiger partial charge on any atom is 0.227 e. The molecule has 0 unspecified atom stereocenters. The molecule has 0 N–H and O–H groups in total. The van der Waals surface area contributed by atoms with Crippen LogP contribution in [0, 0.1) is 12.3 Å². The quantitative estimate of drug-likeness (QED) is 0.817. The zero-order chi connectivity index (χ0) is 14.0. The number of aryl methyl sites for hydroxylation is 1. The van der Waals surface area contributed by atoms with Crippen molar-refractivity contribution in [3.8, 4) is 0 Å². The molecule has 0 bridgehead atoms. The third-order valence-electron chi connectivity index (χ3n) is 3.92. The van der Waals surface area contributed by atoms with Gasteiger partial charge in [-0.3, -0.25) is 9.59 Å². The van der Waals surface area contributed by atoms with Crippen LogP contribution in [0.25, 0.3) is 0 Å². The molecular weight excluding hydrogens is 238 g/mol. The number of nitrogens with zero attached hydrogens (tertiary/aromatic N) is 1. The first-order valence-electron chi connectivity index (χ1n) is 6.75. The molecule has 1 aliphatic rings. The standard InChI is InChI=1S/C16H21NO2/c1-12-4-6-13(7-5-12)10-15(19)17-9-8-16(2,3)14(18)11-17/h4-7H,8-11H2,1-3H3. The van der Waals surface area contributed by atoms with E-state index in [1.54, 1.807) is 4.90 Å². The van der Waals surface area contributed by atoms with E-state index in [9.17, 15) is 9.59 Å². The van der Waals surface area contributed by atoms with E-state index in [-0.39, 0.29) is 23.7 Å². The second-order valence-electron chi connectivity index (χ2n) is 6.03. The van der Waals surface area contributed by atoms with E-state index in [0.29, 0.717) is 13.0 Å². The summed E-state index contributed by atoms with van der Waals surface area (Å²) in [5.74, 6) is 0.212. The van der Waals surface area contributed by atoms with Gasteiger partial charge in [-0.2, -0.15) is 0 Å². The maximum absolute atomic E-state index is 12.2. The molecule has 1 fully saturated rings. The fraction of sp³-hybridized carbons (Fsp3) is 0.500. The van der Waals surface area contributed by atoms with Gasteiger partial charge in [-0.1, -0.05) is 43.7 Å². The summed E-state index contributed by atoms with van der Waals surface area (Å²) in [5.41, 5.74) is 1.92. The molecule has 1 aromatic carbocycles. The van der Waals surface area contributed by atoms with E-state index in [4.69, 9.17) is 0 Å². The molecule has 2 rings (SSSR count). The molecule has 1 saturated heterocycles. The van der Waals surface area contributed by atoms with Crippen LogP contribution in [-0.2, 0) is 16.0 Å². The number of carbonyl (C=O) groups excluding carboxylic acids is 2. The normalized spacial score (nSPS) is 18.5. The Bertz CT molecular complexity index is 488. The Morgan fingerprint density at radius 2 is 1.89 bits per heavy atom. The number of benzene rings is 1. The number of hydrogen-bond donors (Lipinski definition) is 0. The van der Waals surface area contributed by atoms with Gasteiger partial charge in [0.2, 0.25) is 5.91 Å². The lowest BCUT2D eigenvalue weighted by molar-refractivity contribution is -0.142. The lowest BCUT2D eigenvalue weighted by Crippen LogP contribution is -2.48. The molecule has 0 saturated carbocycles. The van der Waals surface area contributed by atoms with E-state index in [1.807, 2.05) is 45.0 Å². The van der Waals surface area contributed by atoms with Crippen LogP contribution in [0.15, 0.2) is 24.3 Å². The molecule has 0 spiro atoms. The van der Waals surface area contributed by atoms with Crippen LogP contribution in [0.3, 0.4) is 0 Å². The van der Waals surface area contributed by atoms with Crippen molar-refractivity contribution in [3.05, 3.63) is 35.4 Å². The smallest absolute Gasteiger partial charge is 0.227 e. The highest BCUT2D eigenvalue weighted by Gasteiger charge is 2.35. The highest BCUT2D eigenvalue weighted by atomic mass is 16.2. The van der Waals surface area contributed by atoms with Crippen molar-refractivity contribution in [3.63, 3.8) is 0 Å². The minimum Gasteiger partial charge on any atom is -0.335 e. The minimum atomic E-state index is -0.277. The first kappa shape index (κ1) is 13.8. The van der Waals surface area contributed by atoms with Crippen molar-refractivity contribution in [2.24, 2.45) is 5.41 Å². The summed E-state index contributed by atoms with van der Waals surface area (Å²) in [6, 6.07) is 7.96. The minimum absolute atomic E-state index is 0.0488. The fourth-order valence-electron chi connectivity index (χ4n) is 2.23. The van der Waals surface area contributed by atoms with Crippen LogP contribution < -0.4 is 0 Å². The summed E-state index contributed by atoms with van der Waals surface area (Å²) in [4.78, 5) is 25.8. The molecule has 1 aromatic rings. The Labute approximate surface area is 114 Å². The summed E-state index contributed by atoms with van der Waals surface area (Å²) >= 11 is 0. The zero-order valence-corrected chi connectivity index (χ0v) is 11.9. The average Bonchev–Trinajstić information content (AvgIpc) is 2.35. The molecule has 0 radical (unpaired) electrons. The second kappa shape index (κ2) is 5.16. The fourth-order valence-corrected chi connectivity index (χ4v) is 2.23. The Hall–Kier alpha value is -1.64. The Morgan fingerprint density at radius 3 is 2.47 bits per heavy atom.